The van der Waals surface area contributed by atoms with Gasteiger partial charge in [-0.1, -0.05) is 24.3 Å². The molecule has 0 spiro atoms. The van der Waals surface area contributed by atoms with Crippen molar-refractivity contribution < 1.29 is 14.2 Å². The van der Waals surface area contributed by atoms with Crippen LogP contribution in [0.15, 0.2) is 42.5 Å². The van der Waals surface area contributed by atoms with Gasteiger partial charge in [0.15, 0.2) is 11.6 Å². The van der Waals surface area contributed by atoms with Gasteiger partial charge in [0.2, 0.25) is 0 Å². The highest BCUT2D eigenvalue weighted by atomic mass is 19.1. The fourth-order valence-electron chi connectivity index (χ4n) is 2.07. The standard InChI is InChI=1S/C16H18FNO2/c1-11(13-5-3-4-6-16(13)20-2)18-10-12-7-8-15(19)14(17)9-12/h3-9,11,18-19H,10H2,1-2H3/t11-/m0/s1. The van der Waals surface area contributed by atoms with Gasteiger partial charge < -0.3 is 15.2 Å². The van der Waals surface area contributed by atoms with Crippen molar-refractivity contribution >= 4 is 0 Å². The zero-order valence-electron chi connectivity index (χ0n) is 11.6. The molecule has 3 nitrogen and oxygen atoms in total. The number of ether oxygens (including phenoxy) is 1. The fraction of sp³-hybridized carbons (Fsp3) is 0.250. The molecule has 1 atom stereocenters. The third-order valence-electron chi connectivity index (χ3n) is 3.23. The monoisotopic (exact) mass is 275 g/mol. The molecule has 0 saturated heterocycles. The smallest absolute Gasteiger partial charge is 0.165 e. The topological polar surface area (TPSA) is 41.5 Å². The Labute approximate surface area is 118 Å². The third-order valence-corrected chi connectivity index (χ3v) is 3.23. The third kappa shape index (κ3) is 3.27. The molecule has 0 saturated carbocycles. The zero-order chi connectivity index (χ0) is 14.5. The molecule has 0 heterocycles. The van der Waals surface area contributed by atoms with E-state index < -0.39 is 5.82 Å². The second-order valence-electron chi connectivity index (χ2n) is 4.63. The molecule has 106 valence electrons. The molecule has 2 rings (SSSR count). The van der Waals surface area contributed by atoms with Crippen LogP contribution in [0.3, 0.4) is 0 Å². The number of para-hydroxylation sites is 1. The zero-order valence-corrected chi connectivity index (χ0v) is 11.6. The van der Waals surface area contributed by atoms with Gasteiger partial charge in [0.1, 0.15) is 5.75 Å². The minimum absolute atomic E-state index is 0.0722. The Balaban J connectivity index is 2.04. The predicted octanol–water partition coefficient (Wildman–Crippen LogP) is 3.39. The molecule has 20 heavy (non-hydrogen) atoms. The van der Waals surface area contributed by atoms with Crippen LogP contribution in [-0.4, -0.2) is 12.2 Å². The summed E-state index contributed by atoms with van der Waals surface area (Å²) in [5, 5.41) is 12.5. The summed E-state index contributed by atoms with van der Waals surface area (Å²) in [5.41, 5.74) is 1.83. The minimum atomic E-state index is -0.603. The van der Waals surface area contributed by atoms with Crippen LogP contribution in [0.1, 0.15) is 24.1 Å². The molecule has 2 aromatic rings. The van der Waals surface area contributed by atoms with Crippen molar-refractivity contribution in [1.29, 1.82) is 0 Å². The second kappa shape index (κ2) is 6.39. The van der Waals surface area contributed by atoms with E-state index in [0.29, 0.717) is 6.54 Å². The van der Waals surface area contributed by atoms with Crippen molar-refractivity contribution in [2.75, 3.05) is 7.11 Å². The summed E-state index contributed by atoms with van der Waals surface area (Å²) in [6, 6.07) is 12.2. The van der Waals surface area contributed by atoms with Crippen LogP contribution in [0.25, 0.3) is 0 Å². The number of phenols is 1. The van der Waals surface area contributed by atoms with Gasteiger partial charge in [0.05, 0.1) is 7.11 Å². The number of benzene rings is 2. The van der Waals surface area contributed by atoms with E-state index in [2.05, 4.69) is 5.32 Å². The molecule has 2 N–H and O–H groups in total. The Morgan fingerprint density at radius 3 is 2.70 bits per heavy atom. The van der Waals surface area contributed by atoms with E-state index in [1.165, 1.54) is 12.1 Å². The van der Waals surface area contributed by atoms with Gasteiger partial charge in [0, 0.05) is 18.2 Å². The summed E-state index contributed by atoms with van der Waals surface area (Å²) in [5.74, 6) is -0.106. The Kier molecular flexibility index (Phi) is 4.58. The fourth-order valence-corrected chi connectivity index (χ4v) is 2.07. The lowest BCUT2D eigenvalue weighted by Gasteiger charge is -2.17. The number of hydrogen-bond acceptors (Lipinski definition) is 3. The quantitative estimate of drug-likeness (QED) is 0.879. The minimum Gasteiger partial charge on any atom is -0.505 e. The van der Waals surface area contributed by atoms with Crippen molar-refractivity contribution in [3.05, 3.63) is 59.4 Å². The number of methoxy groups -OCH3 is 1. The lowest BCUT2D eigenvalue weighted by atomic mass is 10.1. The van der Waals surface area contributed by atoms with Gasteiger partial charge >= 0.3 is 0 Å². The first-order valence-corrected chi connectivity index (χ1v) is 6.45. The summed E-state index contributed by atoms with van der Waals surface area (Å²) >= 11 is 0. The first kappa shape index (κ1) is 14.3. The summed E-state index contributed by atoms with van der Waals surface area (Å²) < 4.78 is 18.6. The maximum absolute atomic E-state index is 13.2. The highest BCUT2D eigenvalue weighted by Crippen LogP contribution is 2.24. The second-order valence-corrected chi connectivity index (χ2v) is 4.63. The Bertz CT molecular complexity index is 586. The number of nitrogens with one attached hydrogen (secondary N) is 1. The molecule has 0 fully saturated rings. The summed E-state index contributed by atoms with van der Waals surface area (Å²) in [4.78, 5) is 0. The Morgan fingerprint density at radius 1 is 1.25 bits per heavy atom. The normalized spacial score (nSPS) is 12.2. The first-order valence-electron chi connectivity index (χ1n) is 6.45. The summed E-state index contributed by atoms with van der Waals surface area (Å²) in [6.45, 7) is 2.53. The van der Waals surface area contributed by atoms with Crippen LogP contribution < -0.4 is 10.1 Å². The van der Waals surface area contributed by atoms with E-state index >= 15 is 0 Å². The molecule has 0 aliphatic carbocycles. The molecule has 0 amide bonds. The van der Waals surface area contributed by atoms with E-state index in [9.17, 15) is 4.39 Å². The largest absolute Gasteiger partial charge is 0.505 e. The molecule has 0 aliphatic rings. The number of phenolic OH excluding ortho intramolecular Hbond substituents is 1. The van der Waals surface area contributed by atoms with Crippen molar-refractivity contribution in [2.45, 2.75) is 19.5 Å². The van der Waals surface area contributed by atoms with Crippen LogP contribution in [-0.2, 0) is 6.54 Å². The maximum Gasteiger partial charge on any atom is 0.165 e. The number of halogens is 1. The first-order chi connectivity index (χ1) is 9.61. The van der Waals surface area contributed by atoms with Crippen LogP contribution in [0.4, 0.5) is 4.39 Å². The van der Waals surface area contributed by atoms with Crippen molar-refractivity contribution in [1.82, 2.24) is 5.32 Å². The SMILES string of the molecule is COc1ccccc1[C@H](C)NCc1ccc(O)c(F)c1. The average molecular weight is 275 g/mol. The van der Waals surface area contributed by atoms with Crippen LogP contribution >= 0.6 is 0 Å². The molecule has 2 aromatic carbocycles. The maximum atomic E-state index is 13.2. The van der Waals surface area contributed by atoms with E-state index in [0.717, 1.165) is 16.9 Å². The van der Waals surface area contributed by atoms with Gasteiger partial charge in [-0.15, -0.1) is 0 Å². The average Bonchev–Trinajstić information content (AvgIpc) is 2.48. The van der Waals surface area contributed by atoms with Crippen LogP contribution in [0.5, 0.6) is 11.5 Å². The van der Waals surface area contributed by atoms with Crippen molar-refractivity contribution in [3.8, 4) is 11.5 Å². The predicted molar refractivity (Wildman–Crippen MR) is 76.3 cm³/mol. The highest BCUT2D eigenvalue weighted by Gasteiger charge is 2.10. The van der Waals surface area contributed by atoms with E-state index in [1.54, 1.807) is 13.2 Å². The van der Waals surface area contributed by atoms with Gasteiger partial charge in [-0.05, 0) is 30.7 Å². The molecular weight excluding hydrogens is 257 g/mol. The summed E-state index contributed by atoms with van der Waals surface area (Å²) in [7, 11) is 1.64. The van der Waals surface area contributed by atoms with Crippen molar-refractivity contribution in [3.63, 3.8) is 0 Å². The van der Waals surface area contributed by atoms with E-state index in [-0.39, 0.29) is 11.8 Å². The van der Waals surface area contributed by atoms with Gasteiger partial charge in [-0.2, -0.15) is 0 Å². The number of rotatable bonds is 5. The van der Waals surface area contributed by atoms with E-state index in [4.69, 9.17) is 9.84 Å². The lowest BCUT2D eigenvalue weighted by Crippen LogP contribution is -2.18. The van der Waals surface area contributed by atoms with Gasteiger partial charge in [-0.3, -0.25) is 0 Å². The highest BCUT2D eigenvalue weighted by molar-refractivity contribution is 5.35. The van der Waals surface area contributed by atoms with Crippen molar-refractivity contribution in [2.24, 2.45) is 0 Å². The number of hydrogen-bond donors (Lipinski definition) is 2. The van der Waals surface area contributed by atoms with Gasteiger partial charge in [0.25, 0.3) is 0 Å². The lowest BCUT2D eigenvalue weighted by molar-refractivity contribution is 0.401. The molecule has 0 radical (unpaired) electrons. The Morgan fingerprint density at radius 2 is 2.00 bits per heavy atom. The molecule has 0 aliphatic heterocycles. The molecular formula is C16H18FNO2. The van der Waals surface area contributed by atoms with Crippen LogP contribution in [0, 0.1) is 5.82 Å². The van der Waals surface area contributed by atoms with Gasteiger partial charge in [-0.25, -0.2) is 4.39 Å². The summed E-state index contributed by atoms with van der Waals surface area (Å²) in [6.07, 6.45) is 0. The number of aromatic hydroxyl groups is 1. The molecule has 0 bridgehead atoms. The van der Waals surface area contributed by atoms with Crippen LogP contribution in [0.2, 0.25) is 0 Å². The molecule has 0 unspecified atom stereocenters. The Hall–Kier alpha value is -2.07. The molecule has 4 heteroatoms. The van der Waals surface area contributed by atoms with E-state index in [1.807, 2.05) is 31.2 Å². The molecule has 0 aromatic heterocycles.